The van der Waals surface area contributed by atoms with Gasteiger partial charge in [0.05, 0.1) is 0 Å². The topological polar surface area (TPSA) is 23.6 Å². The Kier molecular flexibility index (Phi) is 4.58. The molecule has 2 heterocycles. The van der Waals surface area contributed by atoms with Crippen molar-refractivity contribution in [2.75, 3.05) is 32.7 Å². The molecule has 0 bridgehead atoms. The molecule has 0 aromatic heterocycles. The van der Waals surface area contributed by atoms with Gasteiger partial charge in [0.1, 0.15) is 0 Å². The lowest BCUT2D eigenvalue weighted by Crippen LogP contribution is -2.34. The van der Waals surface area contributed by atoms with Gasteiger partial charge in [0.2, 0.25) is 0 Å². The van der Waals surface area contributed by atoms with Crippen molar-refractivity contribution in [3.63, 3.8) is 0 Å². The molecule has 2 fully saturated rings. The van der Waals surface area contributed by atoms with Crippen molar-refractivity contribution >= 4 is 5.91 Å². The Labute approximate surface area is 150 Å². The van der Waals surface area contributed by atoms with E-state index in [1.54, 1.807) is 0 Å². The molecule has 0 N–H and O–H groups in total. The Hall–Kier alpha value is -2.13. The zero-order chi connectivity index (χ0) is 17.1. The lowest BCUT2D eigenvalue weighted by atomic mass is 9.86. The lowest BCUT2D eigenvalue weighted by Gasteiger charge is -2.25. The first-order valence-corrected chi connectivity index (χ1v) is 9.35. The highest BCUT2D eigenvalue weighted by Gasteiger charge is 2.44. The Bertz CT molecular complexity index is 715. The van der Waals surface area contributed by atoms with E-state index in [1.807, 2.05) is 30.3 Å². The van der Waals surface area contributed by atoms with E-state index >= 15 is 0 Å². The largest absolute Gasteiger partial charge is 0.338 e. The molecule has 25 heavy (non-hydrogen) atoms. The van der Waals surface area contributed by atoms with Crippen LogP contribution in [0.2, 0.25) is 0 Å². The number of benzene rings is 2. The fraction of sp³-hybridized carbons (Fsp3) is 0.409. The van der Waals surface area contributed by atoms with Gasteiger partial charge >= 0.3 is 0 Å². The number of likely N-dealkylation sites (tertiary alicyclic amines) is 2. The molecule has 1 unspecified atom stereocenters. The number of nitrogens with zero attached hydrogens (tertiary/aromatic N) is 2. The van der Waals surface area contributed by atoms with Crippen LogP contribution in [0.5, 0.6) is 0 Å². The van der Waals surface area contributed by atoms with Gasteiger partial charge in [-0.15, -0.1) is 0 Å². The third-order valence-corrected chi connectivity index (χ3v) is 5.82. The predicted octanol–water partition coefficient (Wildman–Crippen LogP) is 3.47. The number of carbonyl (C=O) groups excluding carboxylic acids is 1. The second kappa shape index (κ2) is 7.01. The third kappa shape index (κ3) is 3.62. The molecule has 2 aromatic carbocycles. The van der Waals surface area contributed by atoms with Gasteiger partial charge in [-0.2, -0.15) is 0 Å². The van der Waals surface area contributed by atoms with E-state index in [2.05, 4.69) is 40.1 Å². The summed E-state index contributed by atoms with van der Waals surface area (Å²) >= 11 is 0. The minimum atomic E-state index is 0.195. The van der Waals surface area contributed by atoms with Crippen LogP contribution in [0, 0.1) is 5.41 Å². The lowest BCUT2D eigenvalue weighted by molar-refractivity contribution is 0.0773. The molecule has 130 valence electrons. The Balaban J connectivity index is 1.33. The monoisotopic (exact) mass is 334 g/mol. The number of hydrogen-bond donors (Lipinski definition) is 0. The summed E-state index contributed by atoms with van der Waals surface area (Å²) in [5.41, 5.74) is 2.55. The SMILES string of the molecule is O=C(c1ccccc1)N1CCC2(CCN(CCc3ccccc3)C2)C1. The quantitative estimate of drug-likeness (QED) is 0.855. The van der Waals surface area contributed by atoms with Crippen LogP contribution < -0.4 is 0 Å². The van der Waals surface area contributed by atoms with Gasteiger partial charge in [-0.3, -0.25) is 4.79 Å². The van der Waals surface area contributed by atoms with Crippen molar-refractivity contribution in [1.82, 2.24) is 9.80 Å². The molecule has 0 aliphatic carbocycles. The van der Waals surface area contributed by atoms with Crippen molar-refractivity contribution in [3.05, 3.63) is 71.8 Å². The molecule has 0 radical (unpaired) electrons. The van der Waals surface area contributed by atoms with Gasteiger partial charge in [-0.25, -0.2) is 0 Å². The first-order valence-electron chi connectivity index (χ1n) is 9.35. The van der Waals surface area contributed by atoms with Gasteiger partial charge in [0.15, 0.2) is 0 Å². The Morgan fingerprint density at radius 3 is 2.32 bits per heavy atom. The summed E-state index contributed by atoms with van der Waals surface area (Å²) in [6.07, 6.45) is 3.48. The zero-order valence-corrected chi connectivity index (χ0v) is 14.7. The van der Waals surface area contributed by atoms with E-state index in [0.29, 0.717) is 5.41 Å². The second-order valence-corrected chi connectivity index (χ2v) is 7.60. The van der Waals surface area contributed by atoms with Gasteiger partial charge < -0.3 is 9.80 Å². The molecule has 1 amide bonds. The van der Waals surface area contributed by atoms with Crippen molar-refractivity contribution in [3.8, 4) is 0 Å². The van der Waals surface area contributed by atoms with Crippen LogP contribution >= 0.6 is 0 Å². The molecule has 1 spiro atoms. The molecule has 2 aliphatic rings. The van der Waals surface area contributed by atoms with E-state index in [1.165, 1.54) is 18.5 Å². The average molecular weight is 334 g/mol. The maximum Gasteiger partial charge on any atom is 0.253 e. The van der Waals surface area contributed by atoms with E-state index in [-0.39, 0.29) is 5.91 Å². The normalized spacial score (nSPS) is 23.4. The molecule has 0 saturated carbocycles. The summed E-state index contributed by atoms with van der Waals surface area (Å²) in [5, 5.41) is 0. The number of amides is 1. The van der Waals surface area contributed by atoms with E-state index < -0.39 is 0 Å². The van der Waals surface area contributed by atoms with Gasteiger partial charge in [0, 0.05) is 37.2 Å². The maximum absolute atomic E-state index is 12.7. The highest BCUT2D eigenvalue weighted by atomic mass is 16.2. The zero-order valence-electron chi connectivity index (χ0n) is 14.7. The molecular weight excluding hydrogens is 308 g/mol. The molecule has 4 rings (SSSR count). The summed E-state index contributed by atoms with van der Waals surface area (Å²) in [4.78, 5) is 17.3. The molecule has 2 aromatic rings. The molecule has 3 nitrogen and oxygen atoms in total. The van der Waals surface area contributed by atoms with Crippen molar-refractivity contribution in [1.29, 1.82) is 0 Å². The van der Waals surface area contributed by atoms with Crippen LogP contribution in [0.3, 0.4) is 0 Å². The van der Waals surface area contributed by atoms with Crippen molar-refractivity contribution < 1.29 is 4.79 Å². The number of carbonyl (C=O) groups is 1. The molecule has 1 atom stereocenters. The van der Waals surface area contributed by atoms with Gasteiger partial charge in [-0.05, 0) is 43.5 Å². The van der Waals surface area contributed by atoms with Crippen LogP contribution in [0.1, 0.15) is 28.8 Å². The van der Waals surface area contributed by atoms with E-state index in [4.69, 9.17) is 0 Å². The molecular formula is C22H26N2O. The summed E-state index contributed by atoms with van der Waals surface area (Å²) in [6.45, 7) is 5.25. The first-order chi connectivity index (χ1) is 12.2. The highest BCUT2D eigenvalue weighted by molar-refractivity contribution is 5.94. The summed E-state index contributed by atoms with van der Waals surface area (Å²) < 4.78 is 0. The van der Waals surface area contributed by atoms with Gasteiger partial charge in [0.25, 0.3) is 5.91 Å². The van der Waals surface area contributed by atoms with E-state index in [9.17, 15) is 4.79 Å². The average Bonchev–Trinajstić information content (AvgIpc) is 3.28. The van der Waals surface area contributed by atoms with E-state index in [0.717, 1.165) is 44.6 Å². The van der Waals surface area contributed by atoms with Crippen LogP contribution in [-0.4, -0.2) is 48.4 Å². The van der Waals surface area contributed by atoms with Crippen molar-refractivity contribution in [2.45, 2.75) is 19.3 Å². The fourth-order valence-corrected chi connectivity index (χ4v) is 4.36. The molecule has 2 aliphatic heterocycles. The minimum absolute atomic E-state index is 0.195. The summed E-state index contributed by atoms with van der Waals surface area (Å²) in [7, 11) is 0. The summed E-state index contributed by atoms with van der Waals surface area (Å²) in [6, 6.07) is 20.4. The highest BCUT2D eigenvalue weighted by Crippen LogP contribution is 2.39. The van der Waals surface area contributed by atoms with Crippen LogP contribution in [0.25, 0.3) is 0 Å². The Morgan fingerprint density at radius 2 is 1.56 bits per heavy atom. The second-order valence-electron chi connectivity index (χ2n) is 7.60. The van der Waals surface area contributed by atoms with Crippen LogP contribution in [0.4, 0.5) is 0 Å². The summed E-state index contributed by atoms with van der Waals surface area (Å²) in [5.74, 6) is 0.195. The molecule has 2 saturated heterocycles. The maximum atomic E-state index is 12.7. The predicted molar refractivity (Wildman–Crippen MR) is 101 cm³/mol. The number of rotatable bonds is 4. The Morgan fingerprint density at radius 1 is 0.880 bits per heavy atom. The van der Waals surface area contributed by atoms with Crippen LogP contribution in [0.15, 0.2) is 60.7 Å². The minimum Gasteiger partial charge on any atom is -0.338 e. The number of hydrogen-bond acceptors (Lipinski definition) is 2. The first kappa shape index (κ1) is 16.3. The smallest absolute Gasteiger partial charge is 0.253 e. The standard InChI is InChI=1S/C22H26N2O/c25-21(20-9-5-2-6-10-20)24-16-13-22(18-24)12-15-23(17-22)14-11-19-7-3-1-4-8-19/h1-10H,11-18H2. The van der Waals surface area contributed by atoms with Crippen molar-refractivity contribution in [2.24, 2.45) is 5.41 Å². The molecule has 3 heteroatoms. The third-order valence-electron chi connectivity index (χ3n) is 5.82. The fourth-order valence-electron chi connectivity index (χ4n) is 4.36. The van der Waals surface area contributed by atoms with Crippen LogP contribution in [-0.2, 0) is 6.42 Å². The van der Waals surface area contributed by atoms with Gasteiger partial charge in [-0.1, -0.05) is 48.5 Å².